The number of aromatic nitrogens is 1. The second-order valence-corrected chi connectivity index (χ2v) is 8.65. The van der Waals surface area contributed by atoms with E-state index in [0.29, 0.717) is 36.5 Å². The van der Waals surface area contributed by atoms with Gasteiger partial charge in [-0.3, -0.25) is 9.59 Å². The van der Waals surface area contributed by atoms with E-state index >= 15 is 0 Å². The smallest absolute Gasteiger partial charge is 0.259 e. The molecule has 1 aromatic heterocycles. The van der Waals surface area contributed by atoms with Gasteiger partial charge >= 0.3 is 0 Å². The monoisotopic (exact) mass is 463 g/mol. The molecule has 0 spiro atoms. The lowest BCUT2D eigenvalue weighted by molar-refractivity contribution is -0.120. The van der Waals surface area contributed by atoms with E-state index in [9.17, 15) is 9.59 Å². The van der Waals surface area contributed by atoms with Crippen molar-refractivity contribution >= 4 is 27.7 Å². The topological polar surface area (TPSA) is 98.7 Å². The average molecular weight is 464 g/mol. The van der Waals surface area contributed by atoms with Crippen LogP contribution in [0.5, 0.6) is 5.75 Å². The first-order valence-corrected chi connectivity index (χ1v) is 10.5. The number of nitrogens with two attached hydrogens (primary N) is 1. The predicted molar refractivity (Wildman–Crippen MR) is 112 cm³/mol. The van der Waals surface area contributed by atoms with E-state index in [2.05, 4.69) is 21.1 Å². The highest BCUT2D eigenvalue weighted by molar-refractivity contribution is 9.10. The zero-order valence-corrected chi connectivity index (χ0v) is 18.4. The van der Waals surface area contributed by atoms with E-state index in [0.717, 1.165) is 10.2 Å². The maximum atomic E-state index is 13.2. The Morgan fingerprint density at radius 1 is 1.41 bits per heavy atom. The van der Waals surface area contributed by atoms with Gasteiger partial charge in [-0.2, -0.15) is 0 Å². The molecule has 2 atom stereocenters. The summed E-state index contributed by atoms with van der Waals surface area (Å²) in [5.74, 6) is 0.587. The number of benzene rings is 1. The minimum Gasteiger partial charge on any atom is -0.490 e. The van der Waals surface area contributed by atoms with Gasteiger partial charge in [-0.05, 0) is 31.0 Å². The molecule has 0 saturated carbocycles. The molecule has 156 valence electrons. The number of hydrogen-bond donors (Lipinski definition) is 1. The molecule has 0 bridgehead atoms. The number of hydrogen-bond acceptors (Lipinski definition) is 5. The Morgan fingerprint density at radius 3 is 2.83 bits per heavy atom. The first kappa shape index (κ1) is 21.4. The maximum Gasteiger partial charge on any atom is 0.259 e. The van der Waals surface area contributed by atoms with E-state index in [1.807, 2.05) is 38.1 Å². The Balaban J connectivity index is 1.78. The Kier molecular flexibility index (Phi) is 6.62. The molecule has 0 aliphatic carbocycles. The van der Waals surface area contributed by atoms with Gasteiger partial charge < -0.3 is 19.9 Å². The summed E-state index contributed by atoms with van der Waals surface area (Å²) in [5.41, 5.74) is 6.65. The standard InChI is InChI=1S/C21H26BrN3O4/c1-12(2)20-19(13(3)29-24-20)21(27)25-8-7-17(14(11-25)9-18(23)26)28-16-6-4-5-15(22)10-16/h4-6,10,12,14,17H,7-9,11H2,1-3H3,(H2,23,26)/t14-,17-/m0/s1. The molecule has 0 unspecified atom stereocenters. The van der Waals surface area contributed by atoms with Crippen LogP contribution in [-0.2, 0) is 4.79 Å². The molecule has 29 heavy (non-hydrogen) atoms. The fourth-order valence-corrected chi connectivity index (χ4v) is 4.10. The molecule has 2 heterocycles. The number of piperidine rings is 1. The number of carbonyl (C=O) groups excluding carboxylic acids is 2. The predicted octanol–water partition coefficient (Wildman–Crippen LogP) is 3.65. The number of nitrogens with zero attached hydrogens (tertiary/aromatic N) is 2. The summed E-state index contributed by atoms with van der Waals surface area (Å²) in [6, 6.07) is 7.57. The van der Waals surface area contributed by atoms with Crippen LogP contribution < -0.4 is 10.5 Å². The number of likely N-dealkylation sites (tertiary alicyclic amines) is 1. The summed E-state index contributed by atoms with van der Waals surface area (Å²) in [4.78, 5) is 26.6. The summed E-state index contributed by atoms with van der Waals surface area (Å²) >= 11 is 3.44. The van der Waals surface area contributed by atoms with Crippen molar-refractivity contribution in [3.63, 3.8) is 0 Å². The minimum atomic E-state index is -0.406. The van der Waals surface area contributed by atoms with E-state index in [1.54, 1.807) is 11.8 Å². The fourth-order valence-electron chi connectivity index (χ4n) is 3.72. The number of halogens is 1. The van der Waals surface area contributed by atoms with Crippen molar-refractivity contribution < 1.29 is 18.8 Å². The Labute approximate surface area is 178 Å². The highest BCUT2D eigenvalue weighted by Gasteiger charge is 2.36. The summed E-state index contributed by atoms with van der Waals surface area (Å²) in [7, 11) is 0. The van der Waals surface area contributed by atoms with Crippen molar-refractivity contribution in [2.24, 2.45) is 11.7 Å². The first-order chi connectivity index (χ1) is 13.8. The van der Waals surface area contributed by atoms with Crippen molar-refractivity contribution in [1.29, 1.82) is 0 Å². The molecule has 1 fully saturated rings. The van der Waals surface area contributed by atoms with Gasteiger partial charge in [0.15, 0.2) is 0 Å². The summed E-state index contributed by atoms with van der Waals surface area (Å²) in [6.07, 6.45) is 0.564. The lowest BCUT2D eigenvalue weighted by atomic mass is 9.90. The number of ether oxygens (including phenoxy) is 1. The number of rotatable bonds is 6. The van der Waals surface area contributed by atoms with Crippen LogP contribution in [0.1, 0.15) is 54.4 Å². The molecular weight excluding hydrogens is 438 g/mol. The van der Waals surface area contributed by atoms with Crippen molar-refractivity contribution in [3.8, 4) is 5.75 Å². The molecule has 1 aliphatic rings. The summed E-state index contributed by atoms with van der Waals surface area (Å²) < 4.78 is 12.3. The molecule has 3 rings (SSSR count). The molecule has 1 saturated heterocycles. The van der Waals surface area contributed by atoms with E-state index in [1.165, 1.54) is 0 Å². The third-order valence-electron chi connectivity index (χ3n) is 5.15. The maximum absolute atomic E-state index is 13.2. The molecule has 2 amide bonds. The van der Waals surface area contributed by atoms with Gasteiger partial charge in [-0.25, -0.2) is 0 Å². The fraction of sp³-hybridized carbons (Fsp3) is 0.476. The quantitative estimate of drug-likeness (QED) is 0.704. The minimum absolute atomic E-state index is 0.0743. The summed E-state index contributed by atoms with van der Waals surface area (Å²) in [6.45, 7) is 6.61. The van der Waals surface area contributed by atoms with Crippen molar-refractivity contribution in [2.45, 2.75) is 45.6 Å². The van der Waals surface area contributed by atoms with E-state index in [-0.39, 0.29) is 30.3 Å². The Bertz CT molecular complexity index is 896. The van der Waals surface area contributed by atoms with Crippen LogP contribution in [0.4, 0.5) is 0 Å². The first-order valence-electron chi connectivity index (χ1n) is 9.72. The van der Waals surface area contributed by atoms with Gasteiger partial charge in [0.1, 0.15) is 23.2 Å². The van der Waals surface area contributed by atoms with Gasteiger partial charge in [-0.1, -0.05) is 41.0 Å². The van der Waals surface area contributed by atoms with Crippen LogP contribution in [0.2, 0.25) is 0 Å². The van der Waals surface area contributed by atoms with Crippen LogP contribution in [0.15, 0.2) is 33.3 Å². The molecule has 2 N–H and O–H groups in total. The average Bonchev–Trinajstić information content (AvgIpc) is 3.04. The lowest BCUT2D eigenvalue weighted by Gasteiger charge is -2.38. The van der Waals surface area contributed by atoms with Crippen LogP contribution in [0.3, 0.4) is 0 Å². The third kappa shape index (κ3) is 4.98. The SMILES string of the molecule is Cc1onc(C(C)C)c1C(=O)N1CC[C@H](Oc2cccc(Br)c2)[C@@H](CC(N)=O)C1. The van der Waals surface area contributed by atoms with Gasteiger partial charge in [0, 0.05) is 36.3 Å². The number of primary amides is 1. The van der Waals surface area contributed by atoms with Gasteiger partial charge in [0.25, 0.3) is 5.91 Å². The highest BCUT2D eigenvalue weighted by atomic mass is 79.9. The molecular formula is C21H26BrN3O4. The van der Waals surface area contributed by atoms with Crippen molar-refractivity contribution in [1.82, 2.24) is 10.1 Å². The molecule has 1 aliphatic heterocycles. The van der Waals surface area contributed by atoms with Crippen LogP contribution >= 0.6 is 15.9 Å². The number of amides is 2. The lowest BCUT2D eigenvalue weighted by Crippen LogP contribution is -2.49. The molecule has 7 nitrogen and oxygen atoms in total. The van der Waals surface area contributed by atoms with Crippen LogP contribution in [-0.4, -0.2) is 41.1 Å². The van der Waals surface area contributed by atoms with Gasteiger partial charge in [0.2, 0.25) is 5.91 Å². The molecule has 2 aromatic rings. The normalized spacial score (nSPS) is 19.4. The Hall–Kier alpha value is -2.35. The third-order valence-corrected chi connectivity index (χ3v) is 5.64. The second kappa shape index (κ2) is 8.98. The zero-order valence-electron chi connectivity index (χ0n) is 16.9. The van der Waals surface area contributed by atoms with Gasteiger partial charge in [-0.15, -0.1) is 0 Å². The van der Waals surface area contributed by atoms with Crippen molar-refractivity contribution in [3.05, 3.63) is 45.8 Å². The number of aryl methyl sites for hydroxylation is 1. The second-order valence-electron chi connectivity index (χ2n) is 7.74. The van der Waals surface area contributed by atoms with E-state index in [4.69, 9.17) is 15.0 Å². The molecule has 1 aromatic carbocycles. The van der Waals surface area contributed by atoms with Crippen LogP contribution in [0, 0.1) is 12.8 Å². The van der Waals surface area contributed by atoms with Crippen molar-refractivity contribution in [2.75, 3.05) is 13.1 Å². The zero-order chi connectivity index (χ0) is 21.1. The van der Waals surface area contributed by atoms with E-state index < -0.39 is 5.91 Å². The highest BCUT2D eigenvalue weighted by Crippen LogP contribution is 2.30. The molecule has 8 heteroatoms. The number of carbonyl (C=O) groups is 2. The van der Waals surface area contributed by atoms with Crippen LogP contribution in [0.25, 0.3) is 0 Å². The largest absolute Gasteiger partial charge is 0.490 e. The summed E-state index contributed by atoms with van der Waals surface area (Å²) in [5, 5.41) is 4.05. The van der Waals surface area contributed by atoms with Gasteiger partial charge in [0.05, 0.1) is 5.69 Å². The molecule has 0 radical (unpaired) electrons. The Morgan fingerprint density at radius 2 is 2.17 bits per heavy atom.